The van der Waals surface area contributed by atoms with Crippen LogP contribution in [0.5, 0.6) is 5.75 Å². The van der Waals surface area contributed by atoms with Gasteiger partial charge in [0.15, 0.2) is 6.61 Å². The fourth-order valence-electron chi connectivity index (χ4n) is 3.35. The molecule has 152 valence electrons. The molecule has 2 N–H and O–H groups in total. The molecule has 1 heterocycles. The minimum atomic E-state index is -0.212. The second-order valence-electron chi connectivity index (χ2n) is 7.44. The smallest absolute Gasteiger partial charge is 0.262 e. The van der Waals surface area contributed by atoms with Crippen molar-refractivity contribution in [3.8, 4) is 17.1 Å². The van der Waals surface area contributed by atoms with Gasteiger partial charge in [-0.3, -0.25) is 4.79 Å². The highest BCUT2D eigenvalue weighted by Gasteiger charge is 2.09. The van der Waals surface area contributed by atoms with E-state index in [1.54, 1.807) is 0 Å². The Labute approximate surface area is 180 Å². The zero-order valence-corrected chi connectivity index (χ0v) is 17.8. The van der Waals surface area contributed by atoms with Crippen molar-refractivity contribution in [3.63, 3.8) is 0 Å². The number of aromatic amines is 1. The van der Waals surface area contributed by atoms with E-state index in [2.05, 4.69) is 21.4 Å². The molecule has 0 aliphatic carbocycles. The van der Waals surface area contributed by atoms with Crippen molar-refractivity contribution < 1.29 is 9.53 Å². The first-order valence-corrected chi connectivity index (χ1v) is 10.0. The van der Waals surface area contributed by atoms with Crippen molar-refractivity contribution in [2.24, 2.45) is 0 Å². The first kappa shape index (κ1) is 20.0. The van der Waals surface area contributed by atoms with Gasteiger partial charge in [0, 0.05) is 16.3 Å². The first-order chi connectivity index (χ1) is 14.4. The summed E-state index contributed by atoms with van der Waals surface area (Å²) in [7, 11) is 0. The van der Waals surface area contributed by atoms with E-state index in [1.807, 2.05) is 69.3 Å². The van der Waals surface area contributed by atoms with Gasteiger partial charge < -0.3 is 15.0 Å². The lowest BCUT2D eigenvalue weighted by atomic mass is 10.1. The minimum absolute atomic E-state index is 0.0473. The summed E-state index contributed by atoms with van der Waals surface area (Å²) in [6.45, 7) is 5.91. The van der Waals surface area contributed by atoms with Crippen molar-refractivity contribution in [1.82, 2.24) is 9.97 Å². The Balaban J connectivity index is 1.41. The molecule has 0 spiro atoms. The lowest BCUT2D eigenvalue weighted by molar-refractivity contribution is -0.118. The molecule has 0 atom stereocenters. The predicted octanol–water partition coefficient (Wildman–Crippen LogP) is 5.83. The molecule has 0 unspecified atom stereocenters. The van der Waals surface area contributed by atoms with Crippen molar-refractivity contribution >= 4 is 34.2 Å². The normalized spacial score (nSPS) is 10.9. The third-order valence-electron chi connectivity index (χ3n) is 4.77. The highest BCUT2D eigenvalue weighted by molar-refractivity contribution is 6.32. The van der Waals surface area contributed by atoms with Gasteiger partial charge in [-0.05, 0) is 86.0 Å². The Morgan fingerprint density at radius 2 is 1.73 bits per heavy atom. The number of carbonyl (C=O) groups is 1. The molecule has 30 heavy (non-hydrogen) atoms. The maximum absolute atomic E-state index is 12.2. The second kappa shape index (κ2) is 8.20. The number of amides is 1. The molecular weight excluding hydrogens is 398 g/mol. The number of fused-ring (bicyclic) bond motifs is 1. The number of benzene rings is 3. The number of nitrogens with one attached hydrogen (secondary N) is 2. The van der Waals surface area contributed by atoms with Crippen molar-refractivity contribution in [3.05, 3.63) is 76.3 Å². The number of imidazole rings is 1. The molecule has 5 nitrogen and oxygen atoms in total. The molecule has 1 aromatic heterocycles. The summed E-state index contributed by atoms with van der Waals surface area (Å²) in [6, 6.07) is 17.2. The largest absolute Gasteiger partial charge is 0.484 e. The van der Waals surface area contributed by atoms with E-state index in [4.69, 9.17) is 16.3 Å². The topological polar surface area (TPSA) is 67.0 Å². The SMILES string of the molecule is Cc1cc(C)cc(OCC(=O)Nc2ccc(-c3nc4cc(Cl)c(C)cc4[nH]3)cc2)c1. The molecule has 0 aliphatic heterocycles. The van der Waals surface area contributed by atoms with Crippen LogP contribution in [0.1, 0.15) is 16.7 Å². The van der Waals surface area contributed by atoms with Crippen LogP contribution in [0.15, 0.2) is 54.6 Å². The Kier molecular flexibility index (Phi) is 5.46. The fourth-order valence-corrected chi connectivity index (χ4v) is 3.51. The van der Waals surface area contributed by atoms with E-state index in [1.165, 1.54) is 0 Å². The van der Waals surface area contributed by atoms with E-state index in [9.17, 15) is 4.79 Å². The van der Waals surface area contributed by atoms with Gasteiger partial charge in [0.2, 0.25) is 0 Å². The number of hydrogen-bond donors (Lipinski definition) is 2. The van der Waals surface area contributed by atoms with Gasteiger partial charge in [-0.1, -0.05) is 17.7 Å². The van der Waals surface area contributed by atoms with E-state index < -0.39 is 0 Å². The van der Waals surface area contributed by atoms with Crippen molar-refractivity contribution in [2.75, 3.05) is 11.9 Å². The number of ether oxygens (including phenoxy) is 1. The highest BCUT2D eigenvalue weighted by atomic mass is 35.5. The zero-order chi connectivity index (χ0) is 21.3. The molecule has 1 amide bonds. The Hall–Kier alpha value is -3.31. The van der Waals surface area contributed by atoms with Crippen molar-refractivity contribution in [1.29, 1.82) is 0 Å². The van der Waals surface area contributed by atoms with Crippen LogP contribution >= 0.6 is 11.6 Å². The molecule has 3 aromatic carbocycles. The average molecular weight is 420 g/mol. The summed E-state index contributed by atoms with van der Waals surface area (Å²) >= 11 is 6.19. The molecule has 0 aliphatic rings. The van der Waals surface area contributed by atoms with Gasteiger partial charge >= 0.3 is 0 Å². The number of carbonyl (C=O) groups excluding carboxylic acids is 1. The first-order valence-electron chi connectivity index (χ1n) is 9.64. The number of aryl methyl sites for hydroxylation is 3. The number of aromatic nitrogens is 2. The number of anilines is 1. The van der Waals surface area contributed by atoms with Crippen LogP contribution in [0, 0.1) is 20.8 Å². The molecular formula is C24H22ClN3O2. The lowest BCUT2D eigenvalue weighted by Gasteiger charge is -2.09. The molecule has 6 heteroatoms. The Morgan fingerprint density at radius 1 is 1.03 bits per heavy atom. The summed E-state index contributed by atoms with van der Waals surface area (Å²) < 4.78 is 5.61. The predicted molar refractivity (Wildman–Crippen MR) is 121 cm³/mol. The average Bonchev–Trinajstić information content (AvgIpc) is 3.09. The highest BCUT2D eigenvalue weighted by Crippen LogP contribution is 2.26. The minimum Gasteiger partial charge on any atom is -0.484 e. The lowest BCUT2D eigenvalue weighted by Crippen LogP contribution is -2.20. The molecule has 0 bridgehead atoms. The standard InChI is InChI=1S/C24H22ClN3O2/c1-14-8-15(2)10-19(9-14)30-13-23(29)26-18-6-4-17(5-7-18)24-27-21-11-16(3)20(25)12-22(21)28-24/h4-12H,13H2,1-3H3,(H,26,29)(H,27,28). The summed E-state index contributed by atoms with van der Waals surface area (Å²) in [4.78, 5) is 20.1. The van der Waals surface area contributed by atoms with E-state index in [0.717, 1.165) is 39.1 Å². The monoisotopic (exact) mass is 419 g/mol. The van der Waals surface area contributed by atoms with Gasteiger partial charge in [0.25, 0.3) is 5.91 Å². The van der Waals surface area contributed by atoms with Crippen LogP contribution < -0.4 is 10.1 Å². The molecule has 0 saturated heterocycles. The van der Waals surface area contributed by atoms with E-state index in [0.29, 0.717) is 16.5 Å². The zero-order valence-electron chi connectivity index (χ0n) is 17.0. The number of hydrogen-bond acceptors (Lipinski definition) is 3. The van der Waals surface area contributed by atoms with Gasteiger partial charge in [0.05, 0.1) is 11.0 Å². The van der Waals surface area contributed by atoms with Crippen LogP contribution in [-0.4, -0.2) is 22.5 Å². The van der Waals surface area contributed by atoms with Gasteiger partial charge in [-0.25, -0.2) is 4.98 Å². The van der Waals surface area contributed by atoms with Crippen molar-refractivity contribution in [2.45, 2.75) is 20.8 Å². The van der Waals surface area contributed by atoms with Gasteiger partial charge in [0.1, 0.15) is 11.6 Å². The fraction of sp³-hybridized carbons (Fsp3) is 0.167. The summed E-state index contributed by atoms with van der Waals surface area (Å²) in [5.41, 5.74) is 6.58. The molecule has 0 fully saturated rings. The van der Waals surface area contributed by atoms with Crippen LogP contribution in [0.4, 0.5) is 5.69 Å². The maximum Gasteiger partial charge on any atom is 0.262 e. The van der Waals surface area contributed by atoms with Crippen LogP contribution in [-0.2, 0) is 4.79 Å². The van der Waals surface area contributed by atoms with Crippen LogP contribution in [0.2, 0.25) is 5.02 Å². The van der Waals surface area contributed by atoms with Gasteiger partial charge in [-0.2, -0.15) is 0 Å². The van der Waals surface area contributed by atoms with Crippen LogP contribution in [0.3, 0.4) is 0 Å². The Bertz CT molecular complexity index is 1170. The molecule has 4 rings (SSSR count). The van der Waals surface area contributed by atoms with Crippen LogP contribution in [0.25, 0.3) is 22.4 Å². The summed E-state index contributed by atoms with van der Waals surface area (Å²) in [5, 5.41) is 3.55. The third-order valence-corrected chi connectivity index (χ3v) is 5.18. The third kappa shape index (κ3) is 4.47. The number of halogens is 1. The van der Waals surface area contributed by atoms with E-state index >= 15 is 0 Å². The molecule has 0 saturated carbocycles. The molecule has 4 aromatic rings. The Morgan fingerprint density at radius 3 is 2.43 bits per heavy atom. The van der Waals surface area contributed by atoms with Gasteiger partial charge in [-0.15, -0.1) is 0 Å². The maximum atomic E-state index is 12.2. The number of H-pyrrole nitrogens is 1. The number of rotatable bonds is 5. The second-order valence-corrected chi connectivity index (χ2v) is 7.85. The summed E-state index contributed by atoms with van der Waals surface area (Å²) in [6.07, 6.45) is 0. The summed E-state index contributed by atoms with van der Waals surface area (Å²) in [5.74, 6) is 1.23. The quantitative estimate of drug-likeness (QED) is 0.428. The number of nitrogens with zero attached hydrogens (tertiary/aromatic N) is 1. The van der Waals surface area contributed by atoms with E-state index in [-0.39, 0.29) is 12.5 Å². The molecule has 0 radical (unpaired) electrons.